The van der Waals surface area contributed by atoms with E-state index < -0.39 is 6.10 Å². The van der Waals surface area contributed by atoms with Crippen LogP contribution in [0.2, 0.25) is 0 Å². The van der Waals surface area contributed by atoms with E-state index in [-0.39, 0.29) is 5.82 Å². The highest BCUT2D eigenvalue weighted by atomic mass is 79.9. The Morgan fingerprint density at radius 2 is 1.91 bits per heavy atom. The molecule has 0 radical (unpaired) electrons. The molecule has 0 spiro atoms. The third kappa shape index (κ3) is 3.42. The molecule has 0 fully saturated rings. The zero-order valence-electron chi connectivity index (χ0n) is 11.8. The average molecular weight is 364 g/mol. The molecule has 1 heterocycles. The lowest BCUT2D eigenvalue weighted by Gasteiger charge is -2.25. The normalized spacial score (nSPS) is 15.3. The molecule has 0 saturated heterocycles. The Labute approximate surface area is 136 Å². The Hall–Kier alpha value is -2.01. The average Bonchev–Trinajstić information content (AvgIpc) is 2.56. The fraction of sp³-hybridized carbons (Fsp3) is 0.176. The SMILES string of the molecule is Fc1ccc(C(Oc2ccccc2Br)C2=CNCCO2)cc1. The zero-order chi connectivity index (χ0) is 15.4. The van der Waals surface area contributed by atoms with Gasteiger partial charge in [0.2, 0.25) is 0 Å². The van der Waals surface area contributed by atoms with Crippen LogP contribution in [0, 0.1) is 5.82 Å². The van der Waals surface area contributed by atoms with Crippen molar-refractivity contribution in [1.29, 1.82) is 0 Å². The maximum Gasteiger partial charge on any atom is 0.182 e. The maximum atomic E-state index is 13.2. The van der Waals surface area contributed by atoms with Crippen molar-refractivity contribution in [3.8, 4) is 5.75 Å². The largest absolute Gasteiger partial charge is 0.490 e. The molecule has 0 amide bonds. The Morgan fingerprint density at radius 1 is 1.14 bits per heavy atom. The predicted molar refractivity (Wildman–Crippen MR) is 85.9 cm³/mol. The molecule has 0 aromatic heterocycles. The molecule has 0 bridgehead atoms. The molecule has 1 unspecified atom stereocenters. The molecule has 0 saturated carbocycles. The molecule has 3 rings (SSSR count). The van der Waals surface area contributed by atoms with Gasteiger partial charge in [0.25, 0.3) is 0 Å². The van der Waals surface area contributed by atoms with E-state index in [1.807, 2.05) is 24.3 Å². The molecule has 1 atom stereocenters. The van der Waals surface area contributed by atoms with Crippen molar-refractivity contribution in [3.05, 3.63) is 76.3 Å². The lowest BCUT2D eigenvalue weighted by molar-refractivity contribution is 0.107. The fourth-order valence-electron chi connectivity index (χ4n) is 2.19. The molecule has 2 aromatic carbocycles. The molecular formula is C17H15BrFNO2. The first-order valence-electron chi connectivity index (χ1n) is 6.97. The number of hydrogen-bond donors (Lipinski definition) is 1. The van der Waals surface area contributed by atoms with Gasteiger partial charge in [-0.05, 0) is 40.2 Å². The molecule has 1 aliphatic rings. The molecule has 0 aliphatic carbocycles. The highest BCUT2D eigenvalue weighted by Gasteiger charge is 2.23. The van der Waals surface area contributed by atoms with Crippen molar-refractivity contribution in [2.75, 3.05) is 13.2 Å². The Kier molecular flexibility index (Phi) is 4.63. The minimum atomic E-state index is -0.438. The van der Waals surface area contributed by atoms with Crippen LogP contribution in [0.1, 0.15) is 11.7 Å². The first-order chi connectivity index (χ1) is 10.7. The quantitative estimate of drug-likeness (QED) is 0.884. The van der Waals surface area contributed by atoms with E-state index in [0.29, 0.717) is 18.1 Å². The molecule has 5 heteroatoms. The molecular weight excluding hydrogens is 349 g/mol. The van der Waals surface area contributed by atoms with Crippen LogP contribution in [-0.2, 0) is 4.74 Å². The Balaban J connectivity index is 1.94. The lowest BCUT2D eigenvalue weighted by Crippen LogP contribution is -2.25. The van der Waals surface area contributed by atoms with Gasteiger partial charge in [-0.1, -0.05) is 24.3 Å². The predicted octanol–water partition coefficient (Wildman–Crippen LogP) is 4.17. The number of para-hydroxylation sites is 1. The maximum absolute atomic E-state index is 13.2. The van der Waals surface area contributed by atoms with Crippen LogP contribution in [-0.4, -0.2) is 13.2 Å². The minimum Gasteiger partial charge on any atom is -0.490 e. The lowest BCUT2D eigenvalue weighted by atomic mass is 10.1. The molecule has 2 aromatic rings. The van der Waals surface area contributed by atoms with Crippen molar-refractivity contribution in [2.45, 2.75) is 6.10 Å². The second-order valence-electron chi connectivity index (χ2n) is 4.83. The van der Waals surface area contributed by atoms with Gasteiger partial charge in [-0.3, -0.25) is 0 Å². The van der Waals surface area contributed by atoms with Crippen LogP contribution in [0.5, 0.6) is 5.75 Å². The standard InChI is InChI=1S/C17H15BrFNO2/c18-14-3-1-2-4-15(14)22-17(16-11-20-9-10-21-16)12-5-7-13(19)8-6-12/h1-8,11,17,20H,9-10H2. The van der Waals surface area contributed by atoms with E-state index >= 15 is 0 Å². The van der Waals surface area contributed by atoms with Gasteiger partial charge in [0.05, 0.1) is 4.47 Å². The van der Waals surface area contributed by atoms with Crippen molar-refractivity contribution in [2.24, 2.45) is 0 Å². The van der Waals surface area contributed by atoms with Crippen LogP contribution in [0.4, 0.5) is 4.39 Å². The van der Waals surface area contributed by atoms with E-state index in [1.165, 1.54) is 12.1 Å². The highest BCUT2D eigenvalue weighted by Crippen LogP contribution is 2.33. The van der Waals surface area contributed by atoms with Gasteiger partial charge >= 0.3 is 0 Å². The van der Waals surface area contributed by atoms with Gasteiger partial charge in [-0.25, -0.2) is 4.39 Å². The van der Waals surface area contributed by atoms with E-state index in [4.69, 9.17) is 9.47 Å². The number of rotatable bonds is 4. The number of nitrogens with one attached hydrogen (secondary N) is 1. The number of halogens is 2. The number of ether oxygens (including phenoxy) is 2. The molecule has 1 aliphatic heterocycles. The fourth-order valence-corrected chi connectivity index (χ4v) is 2.57. The van der Waals surface area contributed by atoms with Gasteiger partial charge in [0, 0.05) is 18.3 Å². The van der Waals surface area contributed by atoms with E-state index in [9.17, 15) is 4.39 Å². The Morgan fingerprint density at radius 3 is 2.59 bits per heavy atom. The smallest absolute Gasteiger partial charge is 0.182 e. The summed E-state index contributed by atoms with van der Waals surface area (Å²) in [5, 5.41) is 3.14. The second kappa shape index (κ2) is 6.83. The van der Waals surface area contributed by atoms with Crippen LogP contribution in [0.25, 0.3) is 0 Å². The number of hydrogen-bond acceptors (Lipinski definition) is 3. The molecule has 114 valence electrons. The van der Waals surface area contributed by atoms with E-state index in [0.717, 1.165) is 16.6 Å². The first kappa shape index (κ1) is 14.9. The summed E-state index contributed by atoms with van der Waals surface area (Å²) in [6.07, 6.45) is 1.36. The molecule has 1 N–H and O–H groups in total. The van der Waals surface area contributed by atoms with Crippen LogP contribution in [0.15, 0.2) is 65.0 Å². The summed E-state index contributed by atoms with van der Waals surface area (Å²) in [7, 11) is 0. The third-order valence-electron chi connectivity index (χ3n) is 3.27. The topological polar surface area (TPSA) is 30.5 Å². The van der Waals surface area contributed by atoms with E-state index in [1.54, 1.807) is 18.3 Å². The molecule has 22 heavy (non-hydrogen) atoms. The Bertz CT molecular complexity index is 673. The van der Waals surface area contributed by atoms with Crippen LogP contribution < -0.4 is 10.1 Å². The summed E-state index contributed by atoms with van der Waals surface area (Å²) in [5.41, 5.74) is 0.826. The van der Waals surface area contributed by atoms with Gasteiger partial charge in [0.1, 0.15) is 18.2 Å². The van der Waals surface area contributed by atoms with Gasteiger partial charge in [0.15, 0.2) is 11.9 Å². The first-order valence-corrected chi connectivity index (χ1v) is 7.76. The number of benzene rings is 2. The van der Waals surface area contributed by atoms with Crippen LogP contribution in [0.3, 0.4) is 0 Å². The van der Waals surface area contributed by atoms with Crippen molar-refractivity contribution in [1.82, 2.24) is 5.32 Å². The third-order valence-corrected chi connectivity index (χ3v) is 3.93. The summed E-state index contributed by atoms with van der Waals surface area (Å²) in [5.74, 6) is 1.10. The monoisotopic (exact) mass is 363 g/mol. The zero-order valence-corrected chi connectivity index (χ0v) is 13.3. The summed E-state index contributed by atoms with van der Waals surface area (Å²) in [4.78, 5) is 0. The van der Waals surface area contributed by atoms with Gasteiger partial charge in [-0.2, -0.15) is 0 Å². The van der Waals surface area contributed by atoms with Crippen molar-refractivity contribution in [3.63, 3.8) is 0 Å². The molecule has 3 nitrogen and oxygen atoms in total. The minimum absolute atomic E-state index is 0.278. The van der Waals surface area contributed by atoms with Gasteiger partial charge in [-0.15, -0.1) is 0 Å². The second-order valence-corrected chi connectivity index (χ2v) is 5.68. The summed E-state index contributed by atoms with van der Waals surface area (Å²) >= 11 is 3.47. The van der Waals surface area contributed by atoms with Crippen molar-refractivity contribution < 1.29 is 13.9 Å². The highest BCUT2D eigenvalue weighted by molar-refractivity contribution is 9.10. The summed E-state index contributed by atoms with van der Waals surface area (Å²) in [6, 6.07) is 13.8. The van der Waals surface area contributed by atoms with Crippen LogP contribution >= 0.6 is 15.9 Å². The summed E-state index contributed by atoms with van der Waals surface area (Å²) < 4.78 is 25.8. The summed E-state index contributed by atoms with van der Waals surface area (Å²) in [6.45, 7) is 1.33. The van der Waals surface area contributed by atoms with Gasteiger partial charge < -0.3 is 14.8 Å². The van der Waals surface area contributed by atoms with E-state index in [2.05, 4.69) is 21.2 Å². The van der Waals surface area contributed by atoms with Crippen molar-refractivity contribution >= 4 is 15.9 Å².